The fraction of sp³-hybridized carbons (Fsp3) is 0.182. The van der Waals surface area contributed by atoms with E-state index in [4.69, 9.17) is 10.5 Å². The van der Waals surface area contributed by atoms with Crippen molar-refractivity contribution in [3.8, 4) is 0 Å². The molecule has 0 spiro atoms. The van der Waals surface area contributed by atoms with Gasteiger partial charge >= 0.3 is 5.97 Å². The number of hydrogen-bond acceptors (Lipinski definition) is 3. The van der Waals surface area contributed by atoms with Crippen molar-refractivity contribution in [3.63, 3.8) is 0 Å². The second-order valence-electron chi connectivity index (χ2n) is 2.89. The molecule has 0 heterocycles. The summed E-state index contributed by atoms with van der Waals surface area (Å²) in [6, 6.07) is 7.19. The van der Waals surface area contributed by atoms with Gasteiger partial charge in [-0.25, -0.2) is 0 Å². The number of esters is 1. The molecule has 0 aromatic heterocycles. The standard InChI is InChI=1S/C11H13NO2/c1-2-6-14-11(13)8-9-4-3-5-10(12)7-9/h2-5,7H,1,6,8,12H2. The van der Waals surface area contributed by atoms with Crippen LogP contribution in [0, 0.1) is 0 Å². The van der Waals surface area contributed by atoms with Gasteiger partial charge in [0.25, 0.3) is 0 Å². The summed E-state index contributed by atoms with van der Waals surface area (Å²) in [5, 5.41) is 0. The van der Waals surface area contributed by atoms with Gasteiger partial charge in [0.1, 0.15) is 6.61 Å². The van der Waals surface area contributed by atoms with Crippen molar-refractivity contribution in [2.24, 2.45) is 0 Å². The van der Waals surface area contributed by atoms with Crippen LogP contribution in [0.15, 0.2) is 36.9 Å². The molecular weight excluding hydrogens is 178 g/mol. The van der Waals surface area contributed by atoms with Gasteiger partial charge in [0.05, 0.1) is 6.42 Å². The summed E-state index contributed by atoms with van der Waals surface area (Å²) in [5.41, 5.74) is 7.08. The monoisotopic (exact) mass is 191 g/mol. The first-order valence-corrected chi connectivity index (χ1v) is 4.33. The lowest BCUT2D eigenvalue weighted by Gasteiger charge is -2.02. The molecule has 1 rings (SSSR count). The van der Waals surface area contributed by atoms with Crippen molar-refractivity contribution >= 4 is 11.7 Å². The van der Waals surface area contributed by atoms with Crippen LogP contribution in [0.5, 0.6) is 0 Å². The highest BCUT2D eigenvalue weighted by Crippen LogP contribution is 2.07. The molecule has 74 valence electrons. The average Bonchev–Trinajstić information content (AvgIpc) is 2.15. The zero-order valence-electron chi connectivity index (χ0n) is 7.90. The predicted molar refractivity (Wildman–Crippen MR) is 55.7 cm³/mol. The lowest BCUT2D eigenvalue weighted by Crippen LogP contribution is -2.07. The van der Waals surface area contributed by atoms with Crippen LogP contribution in [0.25, 0.3) is 0 Å². The van der Waals surface area contributed by atoms with E-state index in [1.165, 1.54) is 6.08 Å². The molecule has 0 bridgehead atoms. The van der Waals surface area contributed by atoms with Gasteiger partial charge in [-0.05, 0) is 17.7 Å². The summed E-state index contributed by atoms with van der Waals surface area (Å²) in [5.74, 6) is -0.268. The Hall–Kier alpha value is -1.77. The Morgan fingerprint density at radius 2 is 2.36 bits per heavy atom. The highest BCUT2D eigenvalue weighted by atomic mass is 16.5. The molecular formula is C11H13NO2. The van der Waals surface area contributed by atoms with Crippen molar-refractivity contribution in [2.75, 3.05) is 12.3 Å². The van der Waals surface area contributed by atoms with Crippen LogP contribution >= 0.6 is 0 Å². The van der Waals surface area contributed by atoms with Crippen LogP contribution in [-0.4, -0.2) is 12.6 Å². The molecule has 3 nitrogen and oxygen atoms in total. The van der Waals surface area contributed by atoms with E-state index in [0.717, 1.165) is 5.56 Å². The second-order valence-corrected chi connectivity index (χ2v) is 2.89. The predicted octanol–water partition coefficient (Wildman–Crippen LogP) is 1.54. The highest BCUT2D eigenvalue weighted by molar-refractivity contribution is 5.73. The third-order valence-electron chi connectivity index (χ3n) is 1.66. The summed E-state index contributed by atoms with van der Waals surface area (Å²) in [6.45, 7) is 3.71. The molecule has 0 atom stereocenters. The number of anilines is 1. The molecule has 0 aliphatic carbocycles. The molecule has 3 heteroatoms. The maximum atomic E-state index is 11.2. The molecule has 0 aliphatic rings. The number of rotatable bonds is 4. The normalized spacial score (nSPS) is 9.43. The maximum absolute atomic E-state index is 11.2. The van der Waals surface area contributed by atoms with Crippen LogP contribution in [0.1, 0.15) is 5.56 Å². The van der Waals surface area contributed by atoms with Crippen LogP contribution < -0.4 is 5.73 Å². The smallest absolute Gasteiger partial charge is 0.310 e. The summed E-state index contributed by atoms with van der Waals surface area (Å²) < 4.78 is 4.84. The highest BCUT2D eigenvalue weighted by Gasteiger charge is 2.03. The van der Waals surface area contributed by atoms with E-state index in [1.807, 2.05) is 12.1 Å². The van der Waals surface area contributed by atoms with E-state index in [-0.39, 0.29) is 19.0 Å². The number of carbonyl (C=O) groups excluding carboxylic acids is 1. The summed E-state index contributed by atoms with van der Waals surface area (Å²) in [4.78, 5) is 11.2. The fourth-order valence-corrected chi connectivity index (χ4v) is 1.07. The molecule has 0 unspecified atom stereocenters. The van der Waals surface area contributed by atoms with E-state index in [1.54, 1.807) is 12.1 Å². The Balaban J connectivity index is 2.51. The summed E-state index contributed by atoms with van der Waals surface area (Å²) in [7, 11) is 0. The molecule has 14 heavy (non-hydrogen) atoms. The number of benzene rings is 1. The molecule has 0 fully saturated rings. The third kappa shape index (κ3) is 3.31. The molecule has 0 saturated carbocycles. The molecule has 1 aromatic rings. The fourth-order valence-electron chi connectivity index (χ4n) is 1.07. The van der Waals surface area contributed by atoms with Gasteiger partial charge in [0, 0.05) is 5.69 Å². The molecule has 0 aliphatic heterocycles. The van der Waals surface area contributed by atoms with Crippen molar-refractivity contribution in [1.29, 1.82) is 0 Å². The Morgan fingerprint density at radius 3 is 3.00 bits per heavy atom. The zero-order chi connectivity index (χ0) is 10.4. The van der Waals surface area contributed by atoms with Crippen molar-refractivity contribution < 1.29 is 9.53 Å². The lowest BCUT2D eigenvalue weighted by atomic mass is 10.1. The Morgan fingerprint density at radius 1 is 1.57 bits per heavy atom. The minimum absolute atomic E-state index is 0.249. The first-order chi connectivity index (χ1) is 6.72. The van der Waals surface area contributed by atoms with Crippen LogP contribution in [0.2, 0.25) is 0 Å². The first-order valence-electron chi connectivity index (χ1n) is 4.33. The molecule has 0 amide bonds. The van der Waals surface area contributed by atoms with Gasteiger partial charge < -0.3 is 10.5 Å². The van der Waals surface area contributed by atoms with E-state index in [0.29, 0.717) is 5.69 Å². The molecule has 0 radical (unpaired) electrons. The quantitative estimate of drug-likeness (QED) is 0.446. The SMILES string of the molecule is C=CCOC(=O)Cc1cccc(N)c1. The van der Waals surface area contributed by atoms with Gasteiger partial charge in [-0.2, -0.15) is 0 Å². The van der Waals surface area contributed by atoms with E-state index < -0.39 is 0 Å². The molecule has 0 saturated heterocycles. The van der Waals surface area contributed by atoms with Crippen LogP contribution in [-0.2, 0) is 16.0 Å². The van der Waals surface area contributed by atoms with Crippen molar-refractivity contribution in [2.45, 2.75) is 6.42 Å². The number of nitrogen functional groups attached to an aromatic ring is 1. The number of carbonyl (C=O) groups is 1. The Kier molecular flexibility index (Phi) is 3.73. The zero-order valence-corrected chi connectivity index (χ0v) is 7.90. The van der Waals surface area contributed by atoms with E-state index in [9.17, 15) is 4.79 Å². The van der Waals surface area contributed by atoms with Crippen LogP contribution in [0.3, 0.4) is 0 Å². The third-order valence-corrected chi connectivity index (χ3v) is 1.66. The average molecular weight is 191 g/mol. The Labute approximate surface area is 83.2 Å². The van der Waals surface area contributed by atoms with Gasteiger partial charge in [-0.15, -0.1) is 0 Å². The van der Waals surface area contributed by atoms with Gasteiger partial charge in [0.15, 0.2) is 0 Å². The first kappa shape index (κ1) is 10.3. The van der Waals surface area contributed by atoms with Gasteiger partial charge in [-0.1, -0.05) is 24.8 Å². The largest absolute Gasteiger partial charge is 0.461 e. The minimum atomic E-state index is -0.268. The van der Waals surface area contributed by atoms with Crippen molar-refractivity contribution in [1.82, 2.24) is 0 Å². The summed E-state index contributed by atoms with van der Waals surface area (Å²) in [6.07, 6.45) is 1.79. The van der Waals surface area contributed by atoms with Gasteiger partial charge in [-0.3, -0.25) is 4.79 Å². The van der Waals surface area contributed by atoms with E-state index >= 15 is 0 Å². The Bertz CT molecular complexity index is 334. The lowest BCUT2D eigenvalue weighted by molar-refractivity contribution is -0.141. The topological polar surface area (TPSA) is 52.3 Å². The second kappa shape index (κ2) is 5.07. The molecule has 2 N–H and O–H groups in total. The van der Waals surface area contributed by atoms with Gasteiger partial charge in [0.2, 0.25) is 0 Å². The number of nitrogens with two attached hydrogens (primary N) is 1. The number of hydrogen-bond donors (Lipinski definition) is 1. The molecule has 1 aromatic carbocycles. The minimum Gasteiger partial charge on any atom is -0.461 e. The van der Waals surface area contributed by atoms with E-state index in [2.05, 4.69) is 6.58 Å². The number of ether oxygens (including phenoxy) is 1. The van der Waals surface area contributed by atoms with Crippen LogP contribution in [0.4, 0.5) is 5.69 Å². The van der Waals surface area contributed by atoms with Crippen molar-refractivity contribution in [3.05, 3.63) is 42.5 Å². The summed E-state index contributed by atoms with van der Waals surface area (Å²) >= 11 is 0. The maximum Gasteiger partial charge on any atom is 0.310 e.